The van der Waals surface area contributed by atoms with Crippen molar-refractivity contribution in [2.24, 2.45) is 5.92 Å². The van der Waals surface area contributed by atoms with E-state index in [0.29, 0.717) is 28.9 Å². The molecular weight excluding hydrogens is 726 g/mol. The molecule has 0 aliphatic carbocycles. The largest absolute Gasteiger partial charge is 0.495 e. The van der Waals surface area contributed by atoms with Crippen molar-refractivity contribution in [1.82, 2.24) is 10.2 Å². The number of hydrogen-bond acceptors (Lipinski definition) is 11. The van der Waals surface area contributed by atoms with E-state index in [0.717, 1.165) is 11.1 Å². The second kappa shape index (κ2) is 17.4. The van der Waals surface area contributed by atoms with Crippen LogP contribution in [0.3, 0.4) is 0 Å². The number of methoxy groups -OCH3 is 2. The average Bonchev–Trinajstić information content (AvgIpc) is 3.79. The Morgan fingerprint density at radius 3 is 2.57 bits per heavy atom. The van der Waals surface area contributed by atoms with E-state index >= 15 is 0 Å². The first kappa shape index (κ1) is 42.4. The number of fused-ring (bicyclic) bond motifs is 5. The zero-order chi connectivity index (χ0) is 39.4. The first-order chi connectivity index (χ1) is 24.8. The Kier molecular flexibility index (Phi) is 14.0. The number of epoxide rings is 1. The van der Waals surface area contributed by atoms with Crippen molar-refractivity contribution in [3.8, 4) is 5.75 Å². The van der Waals surface area contributed by atoms with Crippen molar-refractivity contribution < 1.29 is 48.0 Å². The molecule has 0 radical (unpaired) electrons. The molecule has 294 valence electrons. The van der Waals surface area contributed by atoms with E-state index in [9.17, 15) is 24.3 Å². The van der Waals surface area contributed by atoms with Gasteiger partial charge in [-0.2, -0.15) is 11.8 Å². The summed E-state index contributed by atoms with van der Waals surface area (Å²) in [5, 5.41) is 14.8. The molecule has 1 aromatic rings. The minimum absolute atomic E-state index is 0.0450. The van der Waals surface area contributed by atoms with Crippen LogP contribution in [0.25, 0.3) is 0 Å². The van der Waals surface area contributed by atoms with Crippen LogP contribution in [-0.2, 0) is 39.8 Å². The van der Waals surface area contributed by atoms with Gasteiger partial charge >= 0.3 is 12.1 Å². The monoisotopic (exact) mass is 779 g/mol. The highest BCUT2D eigenvalue weighted by Gasteiger charge is 2.64. The molecule has 4 rings (SSSR count). The summed E-state index contributed by atoms with van der Waals surface area (Å²) in [7, 11) is 6.06. The molecular formula is C38H54ClN3O10S. The fraction of sp³-hybridized carbons (Fsp3) is 0.632. The second-order valence-electron chi connectivity index (χ2n) is 14.6. The van der Waals surface area contributed by atoms with Gasteiger partial charge in [0.05, 0.1) is 25.3 Å². The molecule has 13 nitrogen and oxygen atoms in total. The zero-order valence-corrected chi connectivity index (χ0v) is 33.8. The van der Waals surface area contributed by atoms with Crippen molar-refractivity contribution in [2.75, 3.05) is 39.0 Å². The van der Waals surface area contributed by atoms with Crippen LogP contribution in [0, 0.1) is 5.92 Å². The van der Waals surface area contributed by atoms with Gasteiger partial charge < -0.3 is 38.6 Å². The molecule has 2 fully saturated rings. The quantitative estimate of drug-likeness (QED) is 0.256. The lowest BCUT2D eigenvalue weighted by Gasteiger charge is -2.42. The zero-order valence-electron chi connectivity index (χ0n) is 32.3. The van der Waals surface area contributed by atoms with Gasteiger partial charge in [0.15, 0.2) is 5.72 Å². The molecule has 3 heterocycles. The smallest absolute Gasteiger partial charge is 0.409 e. The Bertz CT molecular complexity index is 1610. The maximum atomic E-state index is 14.1. The van der Waals surface area contributed by atoms with Gasteiger partial charge in [0, 0.05) is 45.7 Å². The number of aliphatic hydroxyl groups is 1. The minimum atomic E-state index is -1.82. The van der Waals surface area contributed by atoms with Crippen LogP contribution < -0.4 is 15.0 Å². The maximum absolute atomic E-state index is 14.1. The average molecular weight is 780 g/mol. The Morgan fingerprint density at radius 1 is 1.23 bits per heavy atom. The first-order valence-corrected chi connectivity index (χ1v) is 19.2. The number of ether oxygens (including phenoxy) is 5. The van der Waals surface area contributed by atoms with Crippen LogP contribution >= 0.6 is 23.4 Å². The molecule has 3 aliphatic rings. The Morgan fingerprint density at radius 2 is 1.92 bits per heavy atom. The number of amides is 3. The highest BCUT2D eigenvalue weighted by molar-refractivity contribution is 7.99. The number of thioether (sulfide) groups is 1. The van der Waals surface area contributed by atoms with Gasteiger partial charge in [-0.25, -0.2) is 9.59 Å². The van der Waals surface area contributed by atoms with E-state index in [1.165, 1.54) is 24.0 Å². The van der Waals surface area contributed by atoms with E-state index in [2.05, 4.69) is 5.32 Å². The van der Waals surface area contributed by atoms with Gasteiger partial charge in [0.1, 0.15) is 40.7 Å². The van der Waals surface area contributed by atoms with E-state index < -0.39 is 65.7 Å². The Hall–Kier alpha value is -3.30. The van der Waals surface area contributed by atoms with Crippen molar-refractivity contribution in [3.05, 3.63) is 46.5 Å². The molecule has 3 aliphatic heterocycles. The SMILES string of the molecule is COc1cc2cc(c1Cl)N(C)C(=O)C[C@H](OC(=O)[C@H](C)N(C)C(=O)CCSC(C)C)[C@]1(C)O[C@H]1[C@H](C)[C@@H]1C[C@@](O)(NC(=O)O1)[C@H](OC)/C=C/C=C(\C)C2. The Balaban J connectivity index is 1.73. The molecule has 0 unspecified atom stereocenters. The van der Waals surface area contributed by atoms with E-state index in [1.54, 1.807) is 70.9 Å². The number of alkyl carbamates (subject to hydrolysis) is 1. The topological polar surface area (TPSA) is 156 Å². The van der Waals surface area contributed by atoms with Crippen LogP contribution in [0.2, 0.25) is 5.02 Å². The van der Waals surface area contributed by atoms with Gasteiger partial charge in [-0.05, 0) is 50.1 Å². The summed E-state index contributed by atoms with van der Waals surface area (Å²) in [5.41, 5.74) is -0.883. The molecule has 53 heavy (non-hydrogen) atoms. The Labute approximate surface area is 321 Å². The van der Waals surface area contributed by atoms with Gasteiger partial charge in [-0.1, -0.05) is 56.2 Å². The third kappa shape index (κ3) is 9.88. The molecule has 2 saturated heterocycles. The number of halogens is 1. The number of hydrogen-bond donors (Lipinski definition) is 2. The number of rotatable bonds is 9. The van der Waals surface area contributed by atoms with Crippen molar-refractivity contribution in [2.45, 2.75) is 114 Å². The molecule has 1 aromatic carbocycles. The third-order valence-electron chi connectivity index (χ3n) is 10.3. The normalized spacial score (nSPS) is 31.3. The highest BCUT2D eigenvalue weighted by atomic mass is 35.5. The fourth-order valence-electron chi connectivity index (χ4n) is 6.78. The predicted molar refractivity (Wildman–Crippen MR) is 203 cm³/mol. The van der Waals surface area contributed by atoms with Gasteiger partial charge in [-0.3, -0.25) is 14.9 Å². The second-order valence-corrected chi connectivity index (χ2v) is 16.6. The number of anilines is 1. The summed E-state index contributed by atoms with van der Waals surface area (Å²) in [6.45, 7) is 11.1. The lowest BCUT2D eigenvalue weighted by atomic mass is 9.83. The highest BCUT2D eigenvalue weighted by Crippen LogP contribution is 2.49. The fourth-order valence-corrected chi connectivity index (χ4v) is 7.85. The summed E-state index contributed by atoms with van der Waals surface area (Å²) in [5.74, 6) is -0.875. The van der Waals surface area contributed by atoms with E-state index in [4.69, 9.17) is 35.3 Å². The van der Waals surface area contributed by atoms with Crippen LogP contribution in [-0.4, -0.2) is 115 Å². The number of nitrogens with one attached hydrogen (secondary N) is 1. The lowest BCUT2D eigenvalue weighted by Crippen LogP contribution is -2.63. The van der Waals surface area contributed by atoms with Crippen molar-refractivity contribution >= 4 is 52.9 Å². The van der Waals surface area contributed by atoms with E-state index in [-0.39, 0.29) is 30.2 Å². The number of carbonyl (C=O) groups excluding carboxylic acids is 4. The van der Waals surface area contributed by atoms with Crippen molar-refractivity contribution in [1.29, 1.82) is 0 Å². The van der Waals surface area contributed by atoms with Gasteiger partial charge in [0.25, 0.3) is 0 Å². The molecule has 0 saturated carbocycles. The molecule has 2 N–H and O–H groups in total. The summed E-state index contributed by atoms with van der Waals surface area (Å²) < 4.78 is 29.2. The van der Waals surface area contributed by atoms with Crippen LogP contribution in [0.5, 0.6) is 5.75 Å². The van der Waals surface area contributed by atoms with Gasteiger partial charge in [0.2, 0.25) is 11.8 Å². The molecule has 3 amide bonds. The molecule has 0 aromatic heterocycles. The van der Waals surface area contributed by atoms with Crippen LogP contribution in [0.15, 0.2) is 35.9 Å². The number of benzene rings is 1. The predicted octanol–water partition coefficient (Wildman–Crippen LogP) is 5.05. The summed E-state index contributed by atoms with van der Waals surface area (Å²) >= 11 is 8.41. The van der Waals surface area contributed by atoms with E-state index in [1.807, 2.05) is 26.8 Å². The molecule has 0 spiro atoms. The van der Waals surface area contributed by atoms with Crippen LogP contribution in [0.4, 0.5) is 10.5 Å². The lowest BCUT2D eigenvalue weighted by molar-refractivity contribution is -0.162. The summed E-state index contributed by atoms with van der Waals surface area (Å²) in [6, 6.07) is 2.64. The molecule has 8 atom stereocenters. The minimum Gasteiger partial charge on any atom is -0.495 e. The molecule has 15 heteroatoms. The first-order valence-electron chi connectivity index (χ1n) is 17.8. The number of carbonyl (C=O) groups is 4. The third-order valence-corrected chi connectivity index (χ3v) is 11.8. The number of allylic oxidation sites excluding steroid dienone is 3. The van der Waals surface area contributed by atoms with Gasteiger partial charge in [-0.15, -0.1) is 0 Å². The van der Waals surface area contributed by atoms with Crippen molar-refractivity contribution in [3.63, 3.8) is 0 Å². The van der Waals surface area contributed by atoms with Crippen LogP contribution in [0.1, 0.15) is 66.4 Å². The number of nitrogens with zero attached hydrogens (tertiary/aromatic N) is 2. The number of likely N-dealkylation sites (N-methyl/N-ethyl adjacent to an activating group) is 1. The standard InChI is InChI=1S/C38H54ClN3O10S/c1-21(2)53-15-14-31(43)41(7)24(5)35(45)51-30-19-32(44)42(8)26-17-25(18-27(48-9)33(26)39)16-22(3)12-11-13-29(49-10)38(47)20-28(50-36(46)40-38)23(4)34-37(30,6)52-34/h11-13,17-18,21,23-24,28-30,34,47H,14-16,19-20H2,1-10H3,(H,40,46)/b13-11+,22-12+/t23-,24+,28+,29-,30+,34+,37+,38+/m1/s1. The number of esters is 1. The summed E-state index contributed by atoms with van der Waals surface area (Å²) in [6.07, 6.45) is 1.26. The summed E-state index contributed by atoms with van der Waals surface area (Å²) in [4.78, 5) is 56.4. The maximum Gasteiger partial charge on any atom is 0.409 e. The molecule has 4 bridgehead atoms.